The lowest BCUT2D eigenvalue weighted by molar-refractivity contribution is 0.106. The van der Waals surface area contributed by atoms with Crippen molar-refractivity contribution >= 4 is 5.96 Å². The number of hydrogen-bond donors (Lipinski definition) is 2. The van der Waals surface area contributed by atoms with E-state index in [9.17, 15) is 0 Å². The fourth-order valence-electron chi connectivity index (χ4n) is 2.24. The Balaban J connectivity index is 1.88. The van der Waals surface area contributed by atoms with Gasteiger partial charge in [0, 0.05) is 6.54 Å². The summed E-state index contributed by atoms with van der Waals surface area (Å²) in [5.41, 5.74) is 9.37. The summed E-state index contributed by atoms with van der Waals surface area (Å²) in [5, 5.41) is 3.13. The van der Waals surface area contributed by atoms with Crippen LogP contribution in [-0.4, -0.2) is 12.5 Å². The quantitative estimate of drug-likeness (QED) is 0.577. The number of nitrogens with one attached hydrogen (secondary N) is 1. The van der Waals surface area contributed by atoms with Gasteiger partial charge in [-0.15, -0.1) is 0 Å². The van der Waals surface area contributed by atoms with Crippen molar-refractivity contribution in [2.24, 2.45) is 16.6 Å². The zero-order chi connectivity index (χ0) is 17.2. The highest BCUT2D eigenvalue weighted by atomic mass is 16.5. The smallest absolute Gasteiger partial charge is 0.188 e. The van der Waals surface area contributed by atoms with E-state index in [0.717, 1.165) is 17.7 Å². The molecule has 4 nitrogen and oxygen atoms in total. The number of hydrogen-bond acceptors (Lipinski definition) is 2. The zero-order valence-electron chi connectivity index (χ0n) is 14.5. The van der Waals surface area contributed by atoms with Crippen molar-refractivity contribution in [3.8, 4) is 0 Å². The van der Waals surface area contributed by atoms with Gasteiger partial charge in [0.15, 0.2) is 5.96 Å². The Morgan fingerprint density at radius 2 is 1.67 bits per heavy atom. The van der Waals surface area contributed by atoms with Crippen molar-refractivity contribution in [1.29, 1.82) is 0 Å². The standard InChI is InChI=1S/C20H27N3O/c1-16(2)12-22-20(21)23-13-18-10-6-7-11-19(18)15-24-14-17-8-4-3-5-9-17/h3-11,16H,12-15H2,1-2H3,(H3,21,22,23). The molecule has 0 saturated carbocycles. The van der Waals surface area contributed by atoms with E-state index >= 15 is 0 Å². The third kappa shape index (κ3) is 6.42. The number of rotatable bonds is 8. The fourth-order valence-corrected chi connectivity index (χ4v) is 2.24. The molecule has 3 N–H and O–H groups in total. The van der Waals surface area contributed by atoms with Crippen LogP contribution in [0.4, 0.5) is 0 Å². The van der Waals surface area contributed by atoms with E-state index in [2.05, 4.69) is 48.4 Å². The van der Waals surface area contributed by atoms with E-state index in [0.29, 0.717) is 31.6 Å². The first kappa shape index (κ1) is 18.0. The molecule has 0 amide bonds. The number of nitrogens with zero attached hydrogens (tertiary/aromatic N) is 1. The molecule has 2 aromatic rings. The summed E-state index contributed by atoms with van der Waals surface area (Å²) in [7, 11) is 0. The average molecular weight is 325 g/mol. The van der Waals surface area contributed by atoms with E-state index < -0.39 is 0 Å². The molecule has 0 fully saturated rings. The van der Waals surface area contributed by atoms with Crippen molar-refractivity contribution < 1.29 is 4.74 Å². The third-order valence-corrected chi connectivity index (χ3v) is 3.60. The molecule has 0 atom stereocenters. The van der Waals surface area contributed by atoms with Crippen molar-refractivity contribution in [3.63, 3.8) is 0 Å². The number of ether oxygens (including phenoxy) is 1. The Kier molecular flexibility index (Phi) is 7.30. The predicted octanol–water partition coefficient (Wildman–Crippen LogP) is 3.46. The molecule has 0 aliphatic heterocycles. The van der Waals surface area contributed by atoms with Gasteiger partial charge >= 0.3 is 0 Å². The van der Waals surface area contributed by atoms with Gasteiger partial charge in [0.25, 0.3) is 0 Å². The molecule has 0 aliphatic carbocycles. The Labute approximate surface area is 144 Å². The molecular formula is C20H27N3O. The number of guanidine groups is 1. The number of aliphatic imine (C=N–C) groups is 1. The van der Waals surface area contributed by atoms with E-state index in [1.54, 1.807) is 0 Å². The van der Waals surface area contributed by atoms with Gasteiger partial charge < -0.3 is 15.8 Å². The molecule has 128 valence electrons. The van der Waals surface area contributed by atoms with Gasteiger partial charge in [-0.2, -0.15) is 0 Å². The molecule has 0 saturated heterocycles. The molecule has 4 heteroatoms. The third-order valence-electron chi connectivity index (χ3n) is 3.60. The van der Waals surface area contributed by atoms with Gasteiger partial charge in [0.2, 0.25) is 0 Å². The lowest BCUT2D eigenvalue weighted by atomic mass is 10.1. The zero-order valence-corrected chi connectivity index (χ0v) is 14.5. The van der Waals surface area contributed by atoms with Crippen LogP contribution in [0.2, 0.25) is 0 Å². The van der Waals surface area contributed by atoms with Gasteiger partial charge in [-0.1, -0.05) is 68.4 Å². The van der Waals surface area contributed by atoms with Crippen molar-refractivity contribution in [1.82, 2.24) is 5.32 Å². The van der Waals surface area contributed by atoms with Gasteiger partial charge in [-0.05, 0) is 22.6 Å². The summed E-state index contributed by atoms with van der Waals surface area (Å²) in [6, 6.07) is 18.4. The Morgan fingerprint density at radius 1 is 1.00 bits per heavy atom. The Morgan fingerprint density at radius 3 is 2.38 bits per heavy atom. The van der Waals surface area contributed by atoms with Gasteiger partial charge in [0.1, 0.15) is 0 Å². The lowest BCUT2D eigenvalue weighted by Gasteiger charge is -2.10. The molecule has 0 spiro atoms. The maximum absolute atomic E-state index is 5.90. The van der Waals surface area contributed by atoms with Crippen LogP contribution in [-0.2, 0) is 24.5 Å². The molecule has 0 aromatic heterocycles. The van der Waals surface area contributed by atoms with Crippen molar-refractivity contribution in [2.75, 3.05) is 6.54 Å². The summed E-state index contributed by atoms with van der Waals surface area (Å²) in [4.78, 5) is 4.42. The topological polar surface area (TPSA) is 59.6 Å². The van der Waals surface area contributed by atoms with Crippen molar-refractivity contribution in [2.45, 2.75) is 33.6 Å². The Bertz CT molecular complexity index is 638. The van der Waals surface area contributed by atoms with Crippen LogP contribution < -0.4 is 11.1 Å². The van der Waals surface area contributed by atoms with E-state index in [4.69, 9.17) is 10.5 Å². The predicted molar refractivity (Wildman–Crippen MR) is 99.5 cm³/mol. The second kappa shape index (κ2) is 9.73. The summed E-state index contributed by atoms with van der Waals surface area (Å²) in [5.74, 6) is 1.03. The number of benzene rings is 2. The second-order valence-electron chi connectivity index (χ2n) is 6.22. The van der Waals surface area contributed by atoms with Crippen LogP contribution >= 0.6 is 0 Å². The minimum atomic E-state index is 0.490. The van der Waals surface area contributed by atoms with Gasteiger partial charge in [-0.3, -0.25) is 0 Å². The SMILES string of the molecule is CC(C)CNC(N)=NCc1ccccc1COCc1ccccc1. The van der Waals surface area contributed by atoms with Crippen LogP contribution in [0.15, 0.2) is 59.6 Å². The molecule has 2 rings (SSSR count). The maximum Gasteiger partial charge on any atom is 0.188 e. The summed E-state index contributed by atoms with van der Waals surface area (Å²) < 4.78 is 5.84. The van der Waals surface area contributed by atoms with E-state index in [1.165, 1.54) is 5.56 Å². The maximum atomic E-state index is 5.90. The minimum absolute atomic E-state index is 0.490. The molecule has 0 bridgehead atoms. The lowest BCUT2D eigenvalue weighted by Crippen LogP contribution is -2.34. The Hall–Kier alpha value is -2.33. The van der Waals surface area contributed by atoms with Crippen LogP contribution in [0.3, 0.4) is 0 Å². The molecule has 0 unspecified atom stereocenters. The molecule has 24 heavy (non-hydrogen) atoms. The highest BCUT2D eigenvalue weighted by molar-refractivity contribution is 5.77. The molecule has 0 radical (unpaired) electrons. The first-order chi connectivity index (χ1) is 11.6. The normalized spacial score (nSPS) is 11.7. The molecule has 0 heterocycles. The van der Waals surface area contributed by atoms with Crippen LogP contribution in [0.1, 0.15) is 30.5 Å². The number of nitrogens with two attached hydrogens (primary N) is 1. The minimum Gasteiger partial charge on any atom is -0.372 e. The van der Waals surface area contributed by atoms with Crippen LogP contribution in [0.25, 0.3) is 0 Å². The monoisotopic (exact) mass is 325 g/mol. The summed E-state index contributed by atoms with van der Waals surface area (Å²) in [6.07, 6.45) is 0. The van der Waals surface area contributed by atoms with Crippen LogP contribution in [0, 0.1) is 5.92 Å². The second-order valence-corrected chi connectivity index (χ2v) is 6.22. The largest absolute Gasteiger partial charge is 0.372 e. The molecular weight excluding hydrogens is 298 g/mol. The van der Waals surface area contributed by atoms with Crippen LogP contribution in [0.5, 0.6) is 0 Å². The highest BCUT2D eigenvalue weighted by Crippen LogP contribution is 2.13. The molecule has 2 aromatic carbocycles. The fraction of sp³-hybridized carbons (Fsp3) is 0.350. The van der Waals surface area contributed by atoms with Crippen molar-refractivity contribution in [3.05, 3.63) is 71.3 Å². The molecule has 0 aliphatic rings. The van der Waals surface area contributed by atoms with Gasteiger partial charge in [-0.25, -0.2) is 4.99 Å². The van der Waals surface area contributed by atoms with E-state index in [1.807, 2.05) is 30.3 Å². The van der Waals surface area contributed by atoms with Gasteiger partial charge in [0.05, 0.1) is 19.8 Å². The average Bonchev–Trinajstić information content (AvgIpc) is 2.60. The first-order valence-corrected chi connectivity index (χ1v) is 8.37. The van der Waals surface area contributed by atoms with E-state index in [-0.39, 0.29) is 0 Å². The highest BCUT2D eigenvalue weighted by Gasteiger charge is 2.03. The first-order valence-electron chi connectivity index (χ1n) is 8.37. The summed E-state index contributed by atoms with van der Waals surface area (Å²) in [6.45, 7) is 6.84. The summed E-state index contributed by atoms with van der Waals surface area (Å²) >= 11 is 0.